The van der Waals surface area contributed by atoms with Gasteiger partial charge in [0.15, 0.2) is 0 Å². The fourth-order valence-corrected chi connectivity index (χ4v) is 13.2. The summed E-state index contributed by atoms with van der Waals surface area (Å²) >= 11 is 0. The molecule has 16 aromatic rings. The molecule has 3 heterocycles. The third kappa shape index (κ3) is 5.86. The molecule has 0 aliphatic heterocycles. The second-order valence-electron chi connectivity index (χ2n) is 20.4. The predicted octanol–water partition coefficient (Wildman–Crippen LogP) is 20.8. The van der Waals surface area contributed by atoms with Gasteiger partial charge in [0.05, 0.1) is 0 Å². The van der Waals surface area contributed by atoms with Crippen molar-refractivity contribution in [3.05, 3.63) is 236 Å². The Bertz CT molecular complexity index is 5130. The van der Waals surface area contributed by atoms with Crippen LogP contribution in [0.5, 0.6) is 0 Å². The van der Waals surface area contributed by atoms with Crippen LogP contribution in [0.2, 0.25) is 0 Å². The second kappa shape index (κ2) is 15.4. The van der Waals surface area contributed by atoms with Crippen LogP contribution in [-0.4, -0.2) is 0 Å². The van der Waals surface area contributed by atoms with E-state index < -0.39 is 0 Å². The molecule has 3 heteroatoms. The van der Waals surface area contributed by atoms with Gasteiger partial charge in [0.2, 0.25) is 0 Å². The van der Waals surface area contributed by atoms with Crippen molar-refractivity contribution in [2.75, 3.05) is 0 Å². The van der Waals surface area contributed by atoms with E-state index in [1.165, 1.54) is 93.2 Å². The molecule has 3 nitrogen and oxygen atoms in total. The predicted molar refractivity (Wildman–Crippen MR) is 315 cm³/mol. The Morgan fingerprint density at radius 2 is 0.667 bits per heavy atom. The molecular formula is C72H42O3. The van der Waals surface area contributed by atoms with Crippen molar-refractivity contribution in [3.8, 4) is 44.5 Å². The Morgan fingerprint density at radius 3 is 1.21 bits per heavy atom. The summed E-state index contributed by atoms with van der Waals surface area (Å²) in [5.74, 6) is 0. The highest BCUT2D eigenvalue weighted by atomic mass is 16.3. The van der Waals surface area contributed by atoms with Crippen molar-refractivity contribution < 1.29 is 13.3 Å². The van der Waals surface area contributed by atoms with Crippen molar-refractivity contribution in [2.24, 2.45) is 0 Å². The highest BCUT2D eigenvalue weighted by Crippen LogP contribution is 2.49. The molecule has 0 spiro atoms. The maximum absolute atomic E-state index is 6.85. The standard InChI is InChI=1S/C72H42O3/c1-3-15-47-41(13-1)25-32-58-61-38-44(29-35-64(61)74-71(47)58)68-52-19-7-5-17-50(52)67(51-18-6-8-20-53(51)68)43-28-34-63-60(37-43)49-31-27-46(40-66(49)73-63)70-56-23-11-9-21-54(56)69(55-22-10-12-24-57(55)70)45-30-36-65-62(39-45)59-33-26-42-14-2-4-16-48(42)72(59)75-65/h1-5,7-17,19-40H,6,18H2. The largest absolute Gasteiger partial charge is 0.456 e. The van der Waals surface area contributed by atoms with Crippen molar-refractivity contribution in [1.29, 1.82) is 0 Å². The molecule has 75 heavy (non-hydrogen) atoms. The molecule has 0 saturated carbocycles. The fraction of sp³-hybridized carbons (Fsp3) is 0.0278. The van der Waals surface area contributed by atoms with E-state index in [1.807, 2.05) is 0 Å². The number of hydrogen-bond donors (Lipinski definition) is 0. The van der Waals surface area contributed by atoms with Gasteiger partial charge in [-0.3, -0.25) is 0 Å². The van der Waals surface area contributed by atoms with E-state index >= 15 is 0 Å². The second-order valence-corrected chi connectivity index (χ2v) is 20.4. The lowest BCUT2D eigenvalue weighted by atomic mass is 9.80. The third-order valence-electron chi connectivity index (χ3n) is 16.5. The van der Waals surface area contributed by atoms with E-state index in [0.717, 1.165) is 95.0 Å². The van der Waals surface area contributed by atoms with E-state index in [1.54, 1.807) is 0 Å². The molecule has 0 radical (unpaired) electrons. The Balaban J connectivity index is 0.808. The molecule has 3 aromatic heterocycles. The summed E-state index contributed by atoms with van der Waals surface area (Å²) in [5, 5.41) is 18.7. The Kier molecular flexibility index (Phi) is 8.39. The number of benzene rings is 13. The number of fused-ring (bicyclic) bond motifs is 17. The van der Waals surface area contributed by atoms with E-state index in [2.05, 4.69) is 231 Å². The topological polar surface area (TPSA) is 39.4 Å². The number of allylic oxidation sites excluding steroid dienone is 1. The molecule has 0 saturated heterocycles. The molecule has 0 atom stereocenters. The molecule has 1 aliphatic carbocycles. The van der Waals surface area contributed by atoms with E-state index in [9.17, 15) is 0 Å². The molecule has 13 aromatic carbocycles. The SMILES string of the molecule is C1=Cc2c(c(-c3ccc4oc5cc(-c6c7ccccc7c(-c7ccc8oc9c%10ccccc%10ccc9c8c7)c7ccccc67)ccc5c4c3)c3ccccc3c2-c2ccc3oc4c5ccccc5ccc4c3c2)CC1. The van der Waals surface area contributed by atoms with Crippen LogP contribution in [-0.2, 0) is 6.42 Å². The molecule has 0 unspecified atom stereocenters. The number of furan rings is 3. The van der Waals surface area contributed by atoms with Gasteiger partial charge in [0.25, 0.3) is 0 Å². The average Bonchev–Trinajstić information content (AvgIpc) is 4.19. The zero-order valence-electron chi connectivity index (χ0n) is 40.6. The third-order valence-corrected chi connectivity index (χ3v) is 16.5. The van der Waals surface area contributed by atoms with Crippen LogP contribution < -0.4 is 0 Å². The lowest BCUT2D eigenvalue weighted by Crippen LogP contribution is -2.02. The minimum Gasteiger partial charge on any atom is -0.456 e. The minimum atomic E-state index is 0.877. The van der Waals surface area contributed by atoms with Gasteiger partial charge in [-0.05, 0) is 172 Å². The first-order valence-corrected chi connectivity index (χ1v) is 26.0. The van der Waals surface area contributed by atoms with Crippen molar-refractivity contribution >= 4 is 126 Å². The van der Waals surface area contributed by atoms with Gasteiger partial charge in [-0.15, -0.1) is 0 Å². The van der Waals surface area contributed by atoms with Crippen LogP contribution in [0.4, 0.5) is 0 Å². The normalized spacial score (nSPS) is 12.9. The van der Waals surface area contributed by atoms with Crippen LogP contribution in [0.25, 0.3) is 170 Å². The maximum Gasteiger partial charge on any atom is 0.143 e. The van der Waals surface area contributed by atoms with Gasteiger partial charge in [0, 0.05) is 43.1 Å². The lowest BCUT2D eigenvalue weighted by molar-refractivity contribution is 0.669. The molecule has 0 bridgehead atoms. The summed E-state index contributed by atoms with van der Waals surface area (Å²) in [4.78, 5) is 0. The van der Waals surface area contributed by atoms with Gasteiger partial charge in [0.1, 0.15) is 33.5 Å². The van der Waals surface area contributed by atoms with Crippen LogP contribution in [0.3, 0.4) is 0 Å². The maximum atomic E-state index is 6.85. The summed E-state index contributed by atoms with van der Waals surface area (Å²) in [6, 6.07) is 79.6. The van der Waals surface area contributed by atoms with Gasteiger partial charge in [-0.25, -0.2) is 0 Å². The quantitative estimate of drug-likeness (QED) is 0.165. The van der Waals surface area contributed by atoms with E-state index in [4.69, 9.17) is 13.3 Å². The lowest BCUT2D eigenvalue weighted by Gasteiger charge is -2.23. The Labute approximate surface area is 429 Å². The monoisotopic (exact) mass is 954 g/mol. The summed E-state index contributed by atoms with van der Waals surface area (Å²) in [6.07, 6.45) is 6.66. The molecule has 0 N–H and O–H groups in total. The van der Waals surface area contributed by atoms with Crippen LogP contribution in [0, 0.1) is 0 Å². The first-order chi connectivity index (χ1) is 37.2. The van der Waals surface area contributed by atoms with Gasteiger partial charge < -0.3 is 13.3 Å². The number of rotatable bonds is 4. The smallest absolute Gasteiger partial charge is 0.143 e. The van der Waals surface area contributed by atoms with Gasteiger partial charge >= 0.3 is 0 Å². The van der Waals surface area contributed by atoms with Crippen molar-refractivity contribution in [1.82, 2.24) is 0 Å². The molecular weight excluding hydrogens is 913 g/mol. The molecule has 17 rings (SSSR count). The summed E-state index contributed by atoms with van der Waals surface area (Å²) in [7, 11) is 0. The molecule has 0 fully saturated rings. The van der Waals surface area contributed by atoms with E-state index in [0.29, 0.717) is 0 Å². The average molecular weight is 955 g/mol. The highest BCUT2D eigenvalue weighted by molar-refractivity contribution is 6.24. The van der Waals surface area contributed by atoms with E-state index in [-0.39, 0.29) is 0 Å². The summed E-state index contributed by atoms with van der Waals surface area (Å²) in [6.45, 7) is 0. The van der Waals surface area contributed by atoms with Gasteiger partial charge in [-0.2, -0.15) is 0 Å². The minimum absolute atomic E-state index is 0.877. The van der Waals surface area contributed by atoms with Gasteiger partial charge in [-0.1, -0.05) is 170 Å². The molecule has 348 valence electrons. The van der Waals surface area contributed by atoms with Crippen LogP contribution in [0.1, 0.15) is 17.5 Å². The Hall–Kier alpha value is -9.70. The fourth-order valence-electron chi connectivity index (χ4n) is 13.2. The zero-order valence-corrected chi connectivity index (χ0v) is 40.6. The first kappa shape index (κ1) is 40.8. The van der Waals surface area contributed by atoms with Crippen LogP contribution >= 0.6 is 0 Å². The zero-order chi connectivity index (χ0) is 48.9. The highest BCUT2D eigenvalue weighted by Gasteiger charge is 2.25. The van der Waals surface area contributed by atoms with Crippen molar-refractivity contribution in [2.45, 2.75) is 12.8 Å². The summed E-state index contributed by atoms with van der Waals surface area (Å²) in [5.41, 5.74) is 17.8. The van der Waals surface area contributed by atoms with Crippen molar-refractivity contribution in [3.63, 3.8) is 0 Å². The molecule has 1 aliphatic rings. The van der Waals surface area contributed by atoms with Crippen LogP contribution in [0.15, 0.2) is 238 Å². The summed E-state index contributed by atoms with van der Waals surface area (Å²) < 4.78 is 20.0. The molecule has 0 amide bonds. The number of hydrogen-bond acceptors (Lipinski definition) is 3. The Morgan fingerprint density at radius 1 is 0.267 bits per heavy atom. The first-order valence-electron chi connectivity index (χ1n) is 26.0.